The number of carbonyl (C=O) groups excluding carboxylic acids is 2. The van der Waals surface area contributed by atoms with Crippen molar-refractivity contribution >= 4 is 23.5 Å². The molecule has 0 spiro atoms. The highest BCUT2D eigenvalue weighted by Crippen LogP contribution is 2.51. The Morgan fingerprint density at radius 2 is 1.83 bits per heavy atom. The summed E-state index contributed by atoms with van der Waals surface area (Å²) in [5, 5.41) is 0.0386. The molecule has 2 bridgehead atoms. The highest BCUT2D eigenvalue weighted by Gasteiger charge is 2.61. The topological polar surface area (TPSA) is 61.8 Å². The van der Waals surface area contributed by atoms with Gasteiger partial charge in [-0.2, -0.15) is 0 Å². The zero-order chi connectivity index (χ0) is 17.3. The molecule has 0 unspecified atom stereocenters. The first-order valence-electron chi connectivity index (χ1n) is 7.73. The minimum Gasteiger partial charge on any atom is -0.466 e. The Kier molecular flexibility index (Phi) is 4.80. The number of thioether (sulfide) groups is 1. The molecule has 3 aliphatic carbocycles. The number of esters is 1. The maximum atomic E-state index is 13.0. The van der Waals surface area contributed by atoms with Gasteiger partial charge < -0.3 is 14.2 Å². The van der Waals surface area contributed by atoms with Gasteiger partial charge in [0.15, 0.2) is 0 Å². The van der Waals surface area contributed by atoms with Crippen molar-refractivity contribution in [2.45, 2.75) is 22.4 Å². The fraction of sp³-hybridized carbons (Fsp3) is 0.444. The van der Waals surface area contributed by atoms with E-state index in [9.17, 15) is 9.59 Å². The largest absolute Gasteiger partial charge is 0.466 e. The number of hydrogen-bond donors (Lipinski definition) is 0. The SMILES string of the molecule is COC(=O)C1=C[C@H]2C(=O)C(OC)(OC)[C@@H]1C[C@H]2Sc1ccccc1. The first-order chi connectivity index (χ1) is 11.6. The second-order valence-electron chi connectivity index (χ2n) is 5.84. The van der Waals surface area contributed by atoms with E-state index in [1.807, 2.05) is 30.3 Å². The molecule has 128 valence electrons. The summed E-state index contributed by atoms with van der Waals surface area (Å²) in [6, 6.07) is 9.92. The summed E-state index contributed by atoms with van der Waals surface area (Å²) in [4.78, 5) is 26.2. The number of hydrogen-bond acceptors (Lipinski definition) is 6. The van der Waals surface area contributed by atoms with Gasteiger partial charge in [0.05, 0.1) is 18.9 Å². The zero-order valence-corrected chi connectivity index (χ0v) is 14.7. The number of carbonyl (C=O) groups is 2. The maximum Gasteiger partial charge on any atom is 0.333 e. The molecule has 0 aliphatic heterocycles. The van der Waals surface area contributed by atoms with Crippen LogP contribution in [-0.4, -0.2) is 44.1 Å². The Hall–Kier alpha value is -1.63. The molecule has 0 radical (unpaired) electrons. The fourth-order valence-electron chi connectivity index (χ4n) is 3.62. The van der Waals surface area contributed by atoms with Crippen LogP contribution in [0.2, 0.25) is 0 Å². The summed E-state index contributed by atoms with van der Waals surface area (Å²) in [7, 11) is 4.22. The van der Waals surface area contributed by atoms with Crippen LogP contribution in [0.5, 0.6) is 0 Å². The predicted molar refractivity (Wildman–Crippen MR) is 89.5 cm³/mol. The second-order valence-corrected chi connectivity index (χ2v) is 7.15. The number of benzene rings is 1. The Bertz CT molecular complexity index is 665. The van der Waals surface area contributed by atoms with Gasteiger partial charge in [0.25, 0.3) is 0 Å². The third kappa shape index (κ3) is 2.59. The van der Waals surface area contributed by atoms with Gasteiger partial charge in [-0.25, -0.2) is 4.79 Å². The lowest BCUT2D eigenvalue weighted by atomic mass is 9.66. The minimum absolute atomic E-state index is 0.0386. The van der Waals surface area contributed by atoms with Gasteiger partial charge in [-0.15, -0.1) is 11.8 Å². The van der Waals surface area contributed by atoms with Crippen LogP contribution in [0.15, 0.2) is 46.9 Å². The predicted octanol–water partition coefficient (Wildman–Crippen LogP) is 2.45. The van der Waals surface area contributed by atoms with Crippen LogP contribution in [0.4, 0.5) is 0 Å². The second kappa shape index (κ2) is 6.70. The van der Waals surface area contributed by atoms with Gasteiger partial charge in [-0.1, -0.05) is 24.3 Å². The number of ketones is 1. The van der Waals surface area contributed by atoms with E-state index in [0.29, 0.717) is 12.0 Å². The van der Waals surface area contributed by atoms with Gasteiger partial charge in [-0.3, -0.25) is 4.79 Å². The summed E-state index contributed by atoms with van der Waals surface area (Å²) in [5.41, 5.74) is 0.468. The van der Waals surface area contributed by atoms with E-state index < -0.39 is 23.6 Å². The van der Waals surface area contributed by atoms with Crippen molar-refractivity contribution in [3.63, 3.8) is 0 Å². The van der Waals surface area contributed by atoms with Gasteiger partial charge in [0.2, 0.25) is 11.6 Å². The van der Waals surface area contributed by atoms with Gasteiger partial charge in [0.1, 0.15) is 0 Å². The first kappa shape index (κ1) is 17.2. The highest BCUT2D eigenvalue weighted by atomic mass is 32.2. The molecule has 1 saturated carbocycles. The van der Waals surface area contributed by atoms with Crippen molar-refractivity contribution in [3.05, 3.63) is 42.0 Å². The first-order valence-corrected chi connectivity index (χ1v) is 8.61. The number of Topliss-reactive ketones (excluding diaryl/α,β-unsaturated/α-hetero) is 1. The number of allylic oxidation sites excluding steroid dienone is 1. The number of ether oxygens (including phenoxy) is 3. The molecule has 3 aliphatic rings. The third-order valence-electron chi connectivity index (χ3n) is 4.77. The zero-order valence-electron chi connectivity index (χ0n) is 13.9. The highest BCUT2D eigenvalue weighted by molar-refractivity contribution is 8.00. The van der Waals surface area contributed by atoms with E-state index in [0.717, 1.165) is 4.90 Å². The molecule has 3 atom stereocenters. The van der Waals surface area contributed by atoms with Crippen molar-refractivity contribution in [3.8, 4) is 0 Å². The van der Waals surface area contributed by atoms with Crippen LogP contribution in [0.25, 0.3) is 0 Å². The fourth-order valence-corrected chi connectivity index (χ4v) is 4.92. The Morgan fingerprint density at radius 3 is 2.42 bits per heavy atom. The molecule has 0 N–H and O–H groups in total. The van der Waals surface area contributed by atoms with E-state index in [-0.39, 0.29) is 11.0 Å². The molecule has 0 saturated heterocycles. The third-order valence-corrected chi connectivity index (χ3v) is 6.10. The molecule has 0 heterocycles. The average Bonchev–Trinajstić information content (AvgIpc) is 2.63. The molecule has 0 aromatic heterocycles. The normalized spacial score (nSPS) is 27.7. The van der Waals surface area contributed by atoms with E-state index >= 15 is 0 Å². The summed E-state index contributed by atoms with van der Waals surface area (Å²) < 4.78 is 15.8. The van der Waals surface area contributed by atoms with Crippen LogP contribution in [0.3, 0.4) is 0 Å². The van der Waals surface area contributed by atoms with Crippen LogP contribution in [-0.2, 0) is 23.8 Å². The maximum absolute atomic E-state index is 13.0. The van der Waals surface area contributed by atoms with Crippen molar-refractivity contribution in [1.82, 2.24) is 0 Å². The molecular weight excluding hydrogens is 328 g/mol. The molecule has 0 amide bonds. The van der Waals surface area contributed by atoms with Gasteiger partial charge >= 0.3 is 5.97 Å². The number of fused-ring (bicyclic) bond motifs is 2. The van der Waals surface area contributed by atoms with Crippen molar-refractivity contribution in [2.24, 2.45) is 11.8 Å². The molecule has 1 fully saturated rings. The lowest BCUT2D eigenvalue weighted by molar-refractivity contribution is -0.237. The molecule has 1 aromatic carbocycles. The standard InChI is InChI=1S/C18H20O5S/c1-21-17(20)12-9-13-15(24-11-7-5-4-6-8-11)10-14(12)18(22-2,23-3)16(13)19/h4-9,13-15H,10H2,1-3H3/t13-,14-,15-/m1/s1. The molecule has 5 nitrogen and oxygen atoms in total. The van der Waals surface area contributed by atoms with E-state index in [1.54, 1.807) is 17.8 Å². The molecule has 4 rings (SSSR count). The van der Waals surface area contributed by atoms with E-state index in [2.05, 4.69) is 0 Å². The summed E-state index contributed by atoms with van der Waals surface area (Å²) in [6.07, 6.45) is 2.35. The molecule has 24 heavy (non-hydrogen) atoms. The van der Waals surface area contributed by atoms with Crippen LogP contribution < -0.4 is 0 Å². The lowest BCUT2D eigenvalue weighted by Gasteiger charge is -2.49. The van der Waals surface area contributed by atoms with E-state index in [1.165, 1.54) is 21.3 Å². The Labute approximate surface area is 145 Å². The van der Waals surface area contributed by atoms with Crippen molar-refractivity contribution in [2.75, 3.05) is 21.3 Å². The monoisotopic (exact) mass is 348 g/mol. The number of methoxy groups -OCH3 is 3. The average molecular weight is 348 g/mol. The van der Waals surface area contributed by atoms with Crippen LogP contribution in [0.1, 0.15) is 6.42 Å². The van der Waals surface area contributed by atoms with Crippen LogP contribution in [0, 0.1) is 11.8 Å². The summed E-state index contributed by atoms with van der Waals surface area (Å²) in [6.45, 7) is 0. The molecule has 6 heteroatoms. The number of rotatable bonds is 5. The molecular formula is C18H20O5S. The van der Waals surface area contributed by atoms with Crippen molar-refractivity contribution < 1.29 is 23.8 Å². The van der Waals surface area contributed by atoms with E-state index in [4.69, 9.17) is 14.2 Å². The summed E-state index contributed by atoms with van der Waals surface area (Å²) >= 11 is 1.65. The lowest BCUT2D eigenvalue weighted by Crippen LogP contribution is -2.62. The summed E-state index contributed by atoms with van der Waals surface area (Å²) in [5.74, 6) is -2.90. The smallest absolute Gasteiger partial charge is 0.333 e. The Balaban J connectivity index is 1.96. The minimum atomic E-state index is -1.41. The van der Waals surface area contributed by atoms with Crippen molar-refractivity contribution in [1.29, 1.82) is 0 Å². The Morgan fingerprint density at radius 1 is 1.17 bits per heavy atom. The van der Waals surface area contributed by atoms with Crippen LogP contribution >= 0.6 is 11.8 Å². The van der Waals surface area contributed by atoms with Gasteiger partial charge in [-0.05, 0) is 18.6 Å². The van der Waals surface area contributed by atoms with Gasteiger partial charge in [0, 0.05) is 29.9 Å². The quantitative estimate of drug-likeness (QED) is 0.602. The molecule has 1 aromatic rings.